The number of ether oxygens (including phenoxy) is 3. The molecule has 0 unspecified atom stereocenters. The molecule has 2 aliphatic rings. The normalized spacial score (nSPS) is 15.6. The lowest BCUT2D eigenvalue weighted by atomic mass is 10.1. The molecule has 0 bridgehead atoms. The minimum Gasteiger partial charge on any atom is -0.494 e. The molecular formula is C34H37F3N8O5. The number of likely N-dealkylation sites (N-methyl/N-ethyl adjacent to an activating group) is 1. The maximum Gasteiger partial charge on any atom is 0.491 e. The van der Waals surface area contributed by atoms with Gasteiger partial charge in [0.05, 0.1) is 49.3 Å². The fourth-order valence-electron chi connectivity index (χ4n) is 5.97. The number of halogens is 3. The summed E-state index contributed by atoms with van der Waals surface area (Å²) in [6.07, 6.45) is -1.52. The van der Waals surface area contributed by atoms with Gasteiger partial charge >= 0.3 is 12.1 Å². The number of amides is 1. The zero-order chi connectivity index (χ0) is 35.6. The molecule has 2 fully saturated rings. The number of alkyl halides is 3. The van der Waals surface area contributed by atoms with Gasteiger partial charge in [-0.25, -0.2) is 14.8 Å². The van der Waals surface area contributed by atoms with E-state index in [2.05, 4.69) is 36.7 Å². The number of para-hydroxylation sites is 1. The number of nitrogens with zero attached hydrogens (tertiary/aromatic N) is 6. The summed E-state index contributed by atoms with van der Waals surface area (Å²) < 4.78 is 56.1. The number of anilines is 5. The summed E-state index contributed by atoms with van der Waals surface area (Å²) in [5.41, 5.74) is 4.61. The number of fused-ring (bicyclic) bond motifs is 1. The van der Waals surface area contributed by atoms with Crippen LogP contribution in [0.2, 0.25) is 0 Å². The van der Waals surface area contributed by atoms with Gasteiger partial charge in [0.15, 0.2) is 5.76 Å². The highest BCUT2D eigenvalue weighted by atomic mass is 19.4. The van der Waals surface area contributed by atoms with Crippen LogP contribution >= 0.6 is 0 Å². The molecule has 1 amide bonds. The van der Waals surface area contributed by atoms with Crippen LogP contribution in [0, 0.1) is 0 Å². The molecule has 50 heavy (non-hydrogen) atoms. The maximum absolute atomic E-state index is 13.0. The number of esters is 1. The number of carbonyl (C=O) groups excluding carboxylic acids is 2. The third kappa shape index (κ3) is 7.30. The number of methoxy groups -OCH3 is 1. The summed E-state index contributed by atoms with van der Waals surface area (Å²) in [5, 5.41) is 6.80. The first-order chi connectivity index (χ1) is 23.9. The molecule has 0 saturated carbocycles. The quantitative estimate of drug-likeness (QED) is 0.146. The van der Waals surface area contributed by atoms with Crippen LogP contribution in [0.1, 0.15) is 0 Å². The van der Waals surface area contributed by atoms with E-state index in [1.807, 2.05) is 54.0 Å². The first-order valence-corrected chi connectivity index (χ1v) is 15.9. The Labute approximate surface area is 286 Å². The Morgan fingerprint density at radius 1 is 0.960 bits per heavy atom. The molecule has 16 heteroatoms. The lowest BCUT2D eigenvalue weighted by Gasteiger charge is -2.35. The largest absolute Gasteiger partial charge is 0.494 e. The van der Waals surface area contributed by atoms with Gasteiger partial charge in [0, 0.05) is 75.0 Å². The van der Waals surface area contributed by atoms with Crippen LogP contribution in [0.4, 0.5) is 41.9 Å². The standard InChI is InChI=1S/C34H37F3N8O5/c1-21(50-32(47)34(35,36)37)31(46)39-24-17-25(29(48-4)18-27(24)44-11-9-42(2)10-12-44)40-33-38-19-28(45-13-15-49-16-14-45)30(41-33)23-20-43(3)26-8-6-5-7-22(23)26/h5-8,17-20H,1,9-16H2,2-4H3,(H,39,46)(H,38,40,41). The van der Waals surface area contributed by atoms with Gasteiger partial charge < -0.3 is 44.1 Å². The van der Waals surface area contributed by atoms with Crippen molar-refractivity contribution in [2.24, 2.45) is 7.05 Å². The Kier molecular flexibility index (Phi) is 9.83. The molecular weight excluding hydrogens is 657 g/mol. The Morgan fingerprint density at radius 2 is 1.66 bits per heavy atom. The van der Waals surface area contributed by atoms with E-state index in [1.54, 1.807) is 18.3 Å². The molecule has 2 N–H and O–H groups in total. The first kappa shape index (κ1) is 34.5. The second-order valence-corrected chi connectivity index (χ2v) is 11.9. The van der Waals surface area contributed by atoms with Crippen molar-refractivity contribution in [3.05, 3.63) is 61.1 Å². The van der Waals surface area contributed by atoms with Crippen molar-refractivity contribution in [1.29, 1.82) is 0 Å². The van der Waals surface area contributed by atoms with Crippen molar-refractivity contribution < 1.29 is 37.0 Å². The van der Waals surface area contributed by atoms with E-state index in [4.69, 9.17) is 14.5 Å². The number of aromatic nitrogens is 3. The number of aryl methyl sites for hydroxylation is 1. The van der Waals surface area contributed by atoms with Crippen molar-refractivity contribution in [3.8, 4) is 17.0 Å². The van der Waals surface area contributed by atoms with E-state index in [0.717, 1.165) is 35.2 Å². The number of nitrogens with one attached hydrogen (secondary N) is 2. The summed E-state index contributed by atoms with van der Waals surface area (Å²) in [6.45, 7) is 8.37. The van der Waals surface area contributed by atoms with E-state index >= 15 is 0 Å². The number of hydrogen-bond acceptors (Lipinski definition) is 11. The summed E-state index contributed by atoms with van der Waals surface area (Å²) in [4.78, 5) is 40.4. The number of rotatable bonds is 9. The van der Waals surface area contributed by atoms with Crippen molar-refractivity contribution in [3.63, 3.8) is 0 Å². The van der Waals surface area contributed by atoms with E-state index in [-0.39, 0.29) is 11.6 Å². The van der Waals surface area contributed by atoms with Crippen LogP contribution in [-0.4, -0.2) is 104 Å². The maximum atomic E-state index is 13.0. The highest BCUT2D eigenvalue weighted by Gasteiger charge is 2.42. The Bertz CT molecular complexity index is 1920. The third-order valence-electron chi connectivity index (χ3n) is 8.63. The first-order valence-electron chi connectivity index (χ1n) is 15.9. The summed E-state index contributed by atoms with van der Waals surface area (Å²) in [6, 6.07) is 11.3. The van der Waals surface area contributed by atoms with Gasteiger partial charge in [0.1, 0.15) is 11.4 Å². The van der Waals surface area contributed by atoms with Gasteiger partial charge in [-0.15, -0.1) is 0 Å². The highest BCUT2D eigenvalue weighted by Crippen LogP contribution is 2.40. The fourth-order valence-corrected chi connectivity index (χ4v) is 5.97. The molecule has 0 atom stereocenters. The lowest BCUT2D eigenvalue weighted by Crippen LogP contribution is -2.44. The number of piperazine rings is 1. The number of benzene rings is 2. The van der Waals surface area contributed by atoms with Crippen molar-refractivity contribution in [2.45, 2.75) is 6.18 Å². The van der Waals surface area contributed by atoms with Crippen LogP contribution in [0.15, 0.2) is 61.1 Å². The highest BCUT2D eigenvalue weighted by molar-refractivity contribution is 6.06. The molecule has 264 valence electrons. The molecule has 0 aliphatic carbocycles. The number of hydrogen-bond donors (Lipinski definition) is 2. The van der Waals surface area contributed by atoms with Gasteiger partial charge in [0.2, 0.25) is 5.95 Å². The van der Waals surface area contributed by atoms with Gasteiger partial charge in [-0.3, -0.25) is 4.79 Å². The van der Waals surface area contributed by atoms with Gasteiger partial charge in [-0.2, -0.15) is 13.2 Å². The minimum absolute atomic E-state index is 0.214. The molecule has 0 spiro atoms. The molecule has 4 aromatic rings. The van der Waals surface area contributed by atoms with Gasteiger partial charge in [-0.1, -0.05) is 24.8 Å². The zero-order valence-corrected chi connectivity index (χ0v) is 27.8. The minimum atomic E-state index is -5.30. The Hall–Kier alpha value is -5.35. The van der Waals surface area contributed by atoms with Crippen LogP contribution in [-0.2, 0) is 26.1 Å². The second kappa shape index (κ2) is 14.2. The molecule has 0 radical (unpaired) electrons. The Morgan fingerprint density at radius 3 is 2.36 bits per heavy atom. The van der Waals surface area contributed by atoms with Gasteiger partial charge in [0.25, 0.3) is 5.91 Å². The van der Waals surface area contributed by atoms with Crippen LogP contribution in [0.5, 0.6) is 5.75 Å². The molecule has 6 rings (SSSR count). The average molecular weight is 695 g/mol. The second-order valence-electron chi connectivity index (χ2n) is 11.9. The molecule has 2 saturated heterocycles. The average Bonchev–Trinajstić information content (AvgIpc) is 3.44. The predicted octanol–water partition coefficient (Wildman–Crippen LogP) is 4.53. The van der Waals surface area contributed by atoms with Crippen LogP contribution < -0.4 is 25.2 Å². The third-order valence-corrected chi connectivity index (χ3v) is 8.63. The van der Waals surface area contributed by atoms with E-state index in [9.17, 15) is 22.8 Å². The topological polar surface area (TPSA) is 126 Å². The number of morpholine rings is 1. The SMILES string of the molecule is C=C(OC(=O)C(F)(F)F)C(=O)Nc1cc(Nc2ncc(N3CCOCC3)c(-c3cn(C)c4ccccc34)n2)c(OC)cc1N1CCN(C)CC1. The predicted molar refractivity (Wildman–Crippen MR) is 183 cm³/mol. The lowest BCUT2D eigenvalue weighted by molar-refractivity contribution is -0.195. The number of carbonyl (C=O) groups is 2. The Balaban J connectivity index is 1.39. The summed E-state index contributed by atoms with van der Waals surface area (Å²) in [7, 11) is 5.46. The van der Waals surface area contributed by atoms with Crippen molar-refractivity contribution in [2.75, 3.05) is 87.1 Å². The zero-order valence-electron chi connectivity index (χ0n) is 27.8. The molecule has 2 aliphatic heterocycles. The fraction of sp³-hybridized carbons (Fsp3) is 0.353. The molecule has 4 heterocycles. The van der Waals surface area contributed by atoms with E-state index < -0.39 is 23.8 Å². The van der Waals surface area contributed by atoms with E-state index in [1.165, 1.54) is 7.11 Å². The summed E-state index contributed by atoms with van der Waals surface area (Å²) in [5.74, 6) is -4.06. The monoisotopic (exact) mass is 694 g/mol. The smallest absolute Gasteiger partial charge is 0.491 e. The molecule has 2 aromatic heterocycles. The van der Waals surface area contributed by atoms with Crippen LogP contribution in [0.25, 0.3) is 22.2 Å². The van der Waals surface area contributed by atoms with Crippen molar-refractivity contribution >= 4 is 51.5 Å². The molecule has 13 nitrogen and oxygen atoms in total. The van der Waals surface area contributed by atoms with Crippen molar-refractivity contribution in [1.82, 2.24) is 19.4 Å². The molecule has 2 aromatic carbocycles. The van der Waals surface area contributed by atoms with Gasteiger partial charge in [-0.05, 0) is 19.2 Å². The summed E-state index contributed by atoms with van der Waals surface area (Å²) >= 11 is 0. The van der Waals surface area contributed by atoms with Crippen LogP contribution in [0.3, 0.4) is 0 Å². The van der Waals surface area contributed by atoms with E-state index in [0.29, 0.717) is 62.2 Å².